The average molecular weight is 413 g/mol. The zero-order valence-corrected chi connectivity index (χ0v) is 16.8. The summed E-state index contributed by atoms with van der Waals surface area (Å²) in [7, 11) is 0. The van der Waals surface area contributed by atoms with E-state index in [1.807, 2.05) is 54.8 Å². The molecule has 0 spiro atoms. The second kappa shape index (κ2) is 7.30. The summed E-state index contributed by atoms with van der Waals surface area (Å²) in [5.74, 6) is 0.0797. The van der Waals surface area contributed by atoms with E-state index >= 15 is 0 Å². The molecule has 0 fully saturated rings. The second-order valence-electron chi connectivity index (χ2n) is 6.43. The number of carboxylic acid groups (broad SMARTS) is 1. The highest BCUT2D eigenvalue weighted by Crippen LogP contribution is 2.35. The van der Waals surface area contributed by atoms with Crippen LogP contribution in [0.4, 0.5) is 0 Å². The third-order valence-corrected chi connectivity index (χ3v) is 5.85. The second-order valence-corrected chi connectivity index (χ2v) is 7.89. The largest absolute Gasteiger partial charge is 0.487 e. The van der Waals surface area contributed by atoms with Gasteiger partial charge in [-0.1, -0.05) is 35.9 Å². The molecule has 4 aromatic rings. The van der Waals surface area contributed by atoms with Crippen molar-refractivity contribution in [1.29, 1.82) is 0 Å². The number of halogens is 1. The first-order valence-corrected chi connectivity index (χ1v) is 9.83. The molecular formula is C21H17ClN2O3S. The van der Waals surface area contributed by atoms with Crippen LogP contribution >= 0.6 is 22.9 Å². The maximum atomic E-state index is 11.8. The average Bonchev–Trinajstić information content (AvgIpc) is 3.21. The smallest absolute Gasteiger partial charge is 0.349 e. The van der Waals surface area contributed by atoms with E-state index in [1.165, 1.54) is 0 Å². The predicted molar refractivity (Wildman–Crippen MR) is 111 cm³/mol. The summed E-state index contributed by atoms with van der Waals surface area (Å²) in [5.41, 5.74) is 3.74. The summed E-state index contributed by atoms with van der Waals surface area (Å²) in [6, 6.07) is 15.1. The number of rotatable bonds is 5. The number of hydrogen-bond donors (Lipinski definition) is 1. The van der Waals surface area contributed by atoms with Gasteiger partial charge in [-0.15, -0.1) is 11.3 Å². The van der Waals surface area contributed by atoms with Crippen LogP contribution in [0.25, 0.3) is 16.0 Å². The van der Waals surface area contributed by atoms with Gasteiger partial charge in [-0.05, 0) is 43.2 Å². The molecule has 0 aliphatic carbocycles. The monoisotopic (exact) mass is 412 g/mol. The lowest BCUT2D eigenvalue weighted by Crippen LogP contribution is -2.01. The number of ether oxygens (including phenoxy) is 1. The van der Waals surface area contributed by atoms with Crippen LogP contribution in [0.3, 0.4) is 0 Å². The Morgan fingerprint density at radius 3 is 2.75 bits per heavy atom. The van der Waals surface area contributed by atoms with Crippen LogP contribution in [-0.4, -0.2) is 20.6 Å². The number of benzene rings is 2. The highest BCUT2D eigenvalue weighted by molar-refractivity contribution is 7.16. The quantitative estimate of drug-likeness (QED) is 0.461. The lowest BCUT2D eigenvalue weighted by molar-refractivity contribution is 0.0697. The molecular weight excluding hydrogens is 396 g/mol. The van der Waals surface area contributed by atoms with Crippen molar-refractivity contribution in [2.75, 3.05) is 0 Å². The van der Waals surface area contributed by atoms with Gasteiger partial charge < -0.3 is 9.84 Å². The van der Waals surface area contributed by atoms with Crippen LogP contribution in [0.1, 0.15) is 26.6 Å². The summed E-state index contributed by atoms with van der Waals surface area (Å²) < 4.78 is 7.79. The maximum Gasteiger partial charge on any atom is 0.349 e. The molecule has 2 aromatic heterocycles. The molecule has 0 unspecified atom stereocenters. The Hall–Kier alpha value is -2.83. The zero-order chi connectivity index (χ0) is 19.8. The van der Waals surface area contributed by atoms with Gasteiger partial charge in [-0.25, -0.2) is 9.78 Å². The first-order valence-electron chi connectivity index (χ1n) is 8.63. The van der Waals surface area contributed by atoms with Crippen LogP contribution in [-0.2, 0) is 6.61 Å². The molecule has 7 heteroatoms. The number of nitrogens with zero attached hydrogens (tertiary/aromatic N) is 2. The maximum absolute atomic E-state index is 11.8. The van der Waals surface area contributed by atoms with Gasteiger partial charge in [0.05, 0.1) is 11.0 Å². The van der Waals surface area contributed by atoms with E-state index in [4.69, 9.17) is 16.3 Å². The van der Waals surface area contributed by atoms with Crippen molar-refractivity contribution in [2.24, 2.45) is 0 Å². The molecule has 0 amide bonds. The van der Waals surface area contributed by atoms with Crippen molar-refractivity contribution >= 4 is 39.9 Å². The standard InChI is InChI=1S/C21H17ClN2O3S/c1-12-5-3-4-6-14(12)11-27-18-10-19(28-20(18)21(25)26)24-13(2)23-16-8-7-15(22)9-17(16)24/h3-10H,11H2,1-2H3,(H,25,26). The molecule has 0 aliphatic heterocycles. The number of fused-ring (bicyclic) bond motifs is 1. The van der Waals surface area contributed by atoms with E-state index < -0.39 is 5.97 Å². The molecule has 0 atom stereocenters. The SMILES string of the molecule is Cc1ccccc1COc1cc(-n2c(C)nc3ccc(Cl)cc32)sc1C(=O)O. The Labute approximate surface area is 170 Å². The number of carbonyl (C=O) groups is 1. The Bertz CT molecular complexity index is 1200. The lowest BCUT2D eigenvalue weighted by Gasteiger charge is -2.08. The number of aromatic carboxylic acids is 1. The zero-order valence-electron chi connectivity index (χ0n) is 15.3. The molecule has 2 heterocycles. The Morgan fingerprint density at radius 2 is 2.00 bits per heavy atom. The number of carboxylic acids is 1. The van der Waals surface area contributed by atoms with E-state index in [1.54, 1.807) is 12.1 Å². The molecule has 0 saturated carbocycles. The molecule has 2 aromatic carbocycles. The molecule has 142 valence electrons. The third-order valence-electron chi connectivity index (χ3n) is 4.53. The molecule has 0 bridgehead atoms. The predicted octanol–water partition coefficient (Wildman–Crippen LogP) is 5.63. The molecule has 0 saturated heterocycles. The van der Waals surface area contributed by atoms with Crippen molar-refractivity contribution in [2.45, 2.75) is 20.5 Å². The normalized spacial score (nSPS) is 11.1. The first-order chi connectivity index (χ1) is 13.4. The Kier molecular flexibility index (Phi) is 4.83. The van der Waals surface area contributed by atoms with Crippen LogP contribution < -0.4 is 4.74 Å². The number of aromatic nitrogens is 2. The van der Waals surface area contributed by atoms with Crippen LogP contribution in [0.15, 0.2) is 48.5 Å². The van der Waals surface area contributed by atoms with Gasteiger partial charge in [0.25, 0.3) is 0 Å². The summed E-state index contributed by atoms with van der Waals surface area (Å²) >= 11 is 7.31. The summed E-state index contributed by atoms with van der Waals surface area (Å²) in [4.78, 5) is 16.5. The van der Waals surface area contributed by atoms with E-state index in [-0.39, 0.29) is 4.88 Å². The minimum Gasteiger partial charge on any atom is -0.487 e. The highest BCUT2D eigenvalue weighted by atomic mass is 35.5. The lowest BCUT2D eigenvalue weighted by atomic mass is 10.1. The Balaban J connectivity index is 1.75. The van der Waals surface area contributed by atoms with Gasteiger partial charge >= 0.3 is 5.97 Å². The van der Waals surface area contributed by atoms with Gasteiger partial charge in [0.15, 0.2) is 4.88 Å². The van der Waals surface area contributed by atoms with Gasteiger partial charge in [0.1, 0.15) is 23.2 Å². The van der Waals surface area contributed by atoms with E-state index in [9.17, 15) is 9.90 Å². The van der Waals surface area contributed by atoms with Crippen molar-refractivity contribution in [3.05, 3.63) is 75.4 Å². The van der Waals surface area contributed by atoms with Crippen LogP contribution in [0.5, 0.6) is 5.75 Å². The minimum atomic E-state index is -1.02. The van der Waals surface area contributed by atoms with Crippen LogP contribution in [0, 0.1) is 13.8 Å². The first kappa shape index (κ1) is 18.5. The summed E-state index contributed by atoms with van der Waals surface area (Å²) in [6.45, 7) is 4.18. The topological polar surface area (TPSA) is 64.4 Å². The van der Waals surface area contributed by atoms with Crippen LogP contribution in [0.2, 0.25) is 5.02 Å². The van der Waals surface area contributed by atoms with Crippen molar-refractivity contribution in [3.8, 4) is 10.8 Å². The fourth-order valence-electron chi connectivity index (χ4n) is 3.10. The van der Waals surface area contributed by atoms with Crippen molar-refractivity contribution in [1.82, 2.24) is 9.55 Å². The Morgan fingerprint density at radius 1 is 1.21 bits per heavy atom. The van der Waals surface area contributed by atoms with Gasteiger partial charge in [0.2, 0.25) is 0 Å². The molecule has 0 aliphatic rings. The number of thiophene rings is 1. The molecule has 0 radical (unpaired) electrons. The third kappa shape index (κ3) is 3.37. The summed E-state index contributed by atoms with van der Waals surface area (Å²) in [6.07, 6.45) is 0. The summed E-state index contributed by atoms with van der Waals surface area (Å²) in [5, 5.41) is 11.0. The van der Waals surface area contributed by atoms with Gasteiger partial charge in [0, 0.05) is 11.1 Å². The van der Waals surface area contributed by atoms with E-state index in [2.05, 4.69) is 4.98 Å². The molecule has 28 heavy (non-hydrogen) atoms. The fourth-order valence-corrected chi connectivity index (χ4v) is 4.27. The van der Waals surface area contributed by atoms with E-state index in [0.29, 0.717) is 17.4 Å². The minimum absolute atomic E-state index is 0.159. The molecule has 5 nitrogen and oxygen atoms in total. The number of aryl methyl sites for hydroxylation is 2. The van der Waals surface area contributed by atoms with Gasteiger partial charge in [-0.3, -0.25) is 4.57 Å². The van der Waals surface area contributed by atoms with E-state index in [0.717, 1.165) is 44.3 Å². The number of imidazole rings is 1. The molecule has 1 N–H and O–H groups in total. The highest BCUT2D eigenvalue weighted by Gasteiger charge is 2.20. The fraction of sp³-hybridized carbons (Fsp3) is 0.143. The van der Waals surface area contributed by atoms with Gasteiger partial charge in [-0.2, -0.15) is 0 Å². The molecule has 4 rings (SSSR count). The number of hydrogen-bond acceptors (Lipinski definition) is 4. The van der Waals surface area contributed by atoms with Crippen molar-refractivity contribution in [3.63, 3.8) is 0 Å². The van der Waals surface area contributed by atoms with Crippen molar-refractivity contribution < 1.29 is 14.6 Å².